The van der Waals surface area contributed by atoms with Crippen LogP contribution in [0.4, 0.5) is 0 Å². The van der Waals surface area contributed by atoms with E-state index in [0.29, 0.717) is 5.92 Å². The molecule has 2 atom stereocenters. The first-order chi connectivity index (χ1) is 8.20. The summed E-state index contributed by atoms with van der Waals surface area (Å²) in [6.07, 6.45) is 8.58. The molecule has 0 saturated carbocycles. The van der Waals surface area contributed by atoms with Crippen LogP contribution in [0.25, 0.3) is 5.57 Å². The van der Waals surface area contributed by atoms with Crippen LogP contribution in [-0.4, -0.2) is 30.0 Å². The lowest BCUT2D eigenvalue weighted by atomic mass is 9.77. The summed E-state index contributed by atoms with van der Waals surface area (Å²) >= 11 is 6.01. The number of hydrogen-bond acceptors (Lipinski definition) is 2. The van der Waals surface area contributed by atoms with Crippen molar-refractivity contribution in [1.29, 1.82) is 0 Å². The van der Waals surface area contributed by atoms with Gasteiger partial charge in [0, 0.05) is 25.5 Å². The molecule has 0 radical (unpaired) electrons. The number of fused-ring (bicyclic) bond motifs is 2. The summed E-state index contributed by atoms with van der Waals surface area (Å²) in [5, 5.41) is 0.733. The molecule has 2 aliphatic rings. The molecule has 2 bridgehead atoms. The Bertz CT molecular complexity index is 455. The molecular weight excluding hydrogens is 232 g/mol. The summed E-state index contributed by atoms with van der Waals surface area (Å²) in [6, 6.07) is 2.03. The van der Waals surface area contributed by atoms with Crippen LogP contribution < -0.4 is 0 Å². The van der Waals surface area contributed by atoms with Gasteiger partial charge in [-0.05, 0) is 48.9 Å². The second-order valence-electron chi connectivity index (χ2n) is 5.37. The number of rotatable bonds is 1. The van der Waals surface area contributed by atoms with Crippen molar-refractivity contribution < 1.29 is 0 Å². The average Bonchev–Trinajstić information content (AvgIpc) is 2.27. The summed E-state index contributed by atoms with van der Waals surface area (Å²) in [6.45, 7) is 2.41. The summed E-state index contributed by atoms with van der Waals surface area (Å²) in [7, 11) is 2.22. The van der Waals surface area contributed by atoms with E-state index in [-0.39, 0.29) is 0 Å². The van der Waals surface area contributed by atoms with Gasteiger partial charge in [0.25, 0.3) is 0 Å². The summed E-state index contributed by atoms with van der Waals surface area (Å²) in [4.78, 5) is 6.63. The number of piperidine rings is 1. The largest absolute Gasteiger partial charge is 0.305 e. The van der Waals surface area contributed by atoms with Crippen LogP contribution in [0.1, 0.15) is 18.4 Å². The molecule has 1 saturated heterocycles. The third kappa shape index (κ3) is 2.38. The zero-order valence-electron chi connectivity index (χ0n) is 10.1. The SMILES string of the molecule is CN1C[C@H]2C=C(c3cncc(Cl)c3)C[C@H](C2)C1. The maximum absolute atomic E-state index is 6.01. The fourth-order valence-electron chi connectivity index (χ4n) is 3.23. The Morgan fingerprint density at radius 2 is 2.24 bits per heavy atom. The minimum atomic E-state index is 0.710. The molecule has 90 valence electrons. The van der Waals surface area contributed by atoms with Gasteiger partial charge in [-0.1, -0.05) is 17.7 Å². The standard InChI is InChI=1S/C14H17ClN2/c1-17-8-10-2-11(9-17)4-12(3-10)13-5-14(15)7-16-6-13/h3,5-7,10-11H,2,4,8-9H2,1H3/t10-,11+/m1/s1. The van der Waals surface area contributed by atoms with Crippen molar-refractivity contribution in [2.75, 3.05) is 20.1 Å². The molecule has 0 amide bonds. The lowest BCUT2D eigenvalue weighted by molar-refractivity contribution is 0.170. The molecule has 2 nitrogen and oxygen atoms in total. The van der Waals surface area contributed by atoms with Crippen LogP contribution in [0.15, 0.2) is 24.5 Å². The minimum Gasteiger partial charge on any atom is -0.305 e. The van der Waals surface area contributed by atoms with Crippen molar-refractivity contribution >= 4 is 17.2 Å². The van der Waals surface area contributed by atoms with E-state index in [1.54, 1.807) is 6.20 Å². The van der Waals surface area contributed by atoms with E-state index in [0.717, 1.165) is 10.9 Å². The minimum absolute atomic E-state index is 0.710. The van der Waals surface area contributed by atoms with Gasteiger partial charge in [0.1, 0.15) is 0 Å². The number of likely N-dealkylation sites (tertiary alicyclic amines) is 1. The van der Waals surface area contributed by atoms with E-state index in [9.17, 15) is 0 Å². The number of hydrogen-bond donors (Lipinski definition) is 0. The van der Waals surface area contributed by atoms with Gasteiger partial charge in [0.05, 0.1) is 5.02 Å². The van der Waals surface area contributed by atoms with Gasteiger partial charge in [-0.2, -0.15) is 0 Å². The Hall–Kier alpha value is -0.860. The molecule has 0 N–H and O–H groups in total. The molecule has 1 fully saturated rings. The fourth-order valence-corrected chi connectivity index (χ4v) is 3.40. The number of nitrogens with zero attached hydrogens (tertiary/aromatic N) is 2. The summed E-state index contributed by atoms with van der Waals surface area (Å²) < 4.78 is 0. The molecule has 0 spiro atoms. The topological polar surface area (TPSA) is 16.1 Å². The molecule has 3 rings (SSSR count). The highest BCUT2D eigenvalue weighted by Crippen LogP contribution is 2.37. The molecule has 1 aromatic heterocycles. The van der Waals surface area contributed by atoms with Crippen LogP contribution in [0, 0.1) is 11.8 Å². The number of aromatic nitrogens is 1. The molecule has 1 aromatic rings. The van der Waals surface area contributed by atoms with Crippen molar-refractivity contribution in [3.05, 3.63) is 35.1 Å². The van der Waals surface area contributed by atoms with E-state index in [4.69, 9.17) is 11.6 Å². The van der Waals surface area contributed by atoms with E-state index < -0.39 is 0 Å². The highest BCUT2D eigenvalue weighted by atomic mass is 35.5. The van der Waals surface area contributed by atoms with Gasteiger partial charge < -0.3 is 4.90 Å². The van der Waals surface area contributed by atoms with E-state index in [2.05, 4.69) is 23.0 Å². The van der Waals surface area contributed by atoms with Crippen LogP contribution in [-0.2, 0) is 0 Å². The predicted octanol–water partition coefficient (Wildman–Crippen LogP) is 3.09. The fraction of sp³-hybridized carbons (Fsp3) is 0.500. The summed E-state index contributed by atoms with van der Waals surface area (Å²) in [5.74, 6) is 1.51. The number of halogens is 1. The Kier molecular flexibility index (Phi) is 2.93. The van der Waals surface area contributed by atoms with Crippen molar-refractivity contribution in [1.82, 2.24) is 9.88 Å². The molecule has 1 aliphatic carbocycles. The van der Waals surface area contributed by atoms with Gasteiger partial charge in [0.15, 0.2) is 0 Å². The van der Waals surface area contributed by atoms with Gasteiger partial charge in [-0.25, -0.2) is 0 Å². The van der Waals surface area contributed by atoms with Gasteiger partial charge in [-0.3, -0.25) is 4.98 Å². The third-order valence-electron chi connectivity index (χ3n) is 3.77. The van der Waals surface area contributed by atoms with Gasteiger partial charge >= 0.3 is 0 Å². The lowest BCUT2D eigenvalue weighted by Crippen LogP contribution is -2.39. The second kappa shape index (κ2) is 4.43. The highest BCUT2D eigenvalue weighted by Gasteiger charge is 2.29. The van der Waals surface area contributed by atoms with E-state index >= 15 is 0 Å². The average molecular weight is 249 g/mol. The molecule has 17 heavy (non-hydrogen) atoms. The van der Waals surface area contributed by atoms with Crippen molar-refractivity contribution in [2.45, 2.75) is 12.8 Å². The molecule has 1 aliphatic heterocycles. The smallest absolute Gasteiger partial charge is 0.0595 e. The predicted molar refractivity (Wildman–Crippen MR) is 70.9 cm³/mol. The van der Waals surface area contributed by atoms with Crippen LogP contribution in [0.3, 0.4) is 0 Å². The monoisotopic (exact) mass is 248 g/mol. The Balaban J connectivity index is 1.90. The Morgan fingerprint density at radius 3 is 3.00 bits per heavy atom. The second-order valence-corrected chi connectivity index (χ2v) is 5.81. The first-order valence-corrected chi connectivity index (χ1v) is 6.58. The van der Waals surface area contributed by atoms with Crippen LogP contribution in [0.5, 0.6) is 0 Å². The van der Waals surface area contributed by atoms with Crippen LogP contribution in [0.2, 0.25) is 5.02 Å². The Labute approximate surface area is 107 Å². The third-order valence-corrected chi connectivity index (χ3v) is 3.98. The van der Waals surface area contributed by atoms with Crippen molar-refractivity contribution in [3.63, 3.8) is 0 Å². The molecule has 3 heteroatoms. The number of allylic oxidation sites excluding steroid dienone is 1. The normalized spacial score (nSPS) is 28.9. The van der Waals surface area contributed by atoms with Gasteiger partial charge in [-0.15, -0.1) is 0 Å². The maximum atomic E-state index is 6.01. The van der Waals surface area contributed by atoms with Gasteiger partial charge in [0.2, 0.25) is 0 Å². The first kappa shape index (κ1) is 11.2. The highest BCUT2D eigenvalue weighted by molar-refractivity contribution is 6.30. The molecular formula is C14H17ClN2. The Morgan fingerprint density at radius 1 is 1.35 bits per heavy atom. The van der Waals surface area contributed by atoms with Crippen LogP contribution >= 0.6 is 11.6 Å². The quantitative estimate of drug-likeness (QED) is 0.759. The first-order valence-electron chi connectivity index (χ1n) is 6.21. The molecule has 2 heterocycles. The lowest BCUT2D eigenvalue weighted by Gasteiger charge is -2.38. The zero-order valence-corrected chi connectivity index (χ0v) is 10.8. The van der Waals surface area contributed by atoms with Crippen molar-refractivity contribution in [3.8, 4) is 0 Å². The molecule has 0 unspecified atom stereocenters. The van der Waals surface area contributed by atoms with Crippen molar-refractivity contribution in [2.24, 2.45) is 11.8 Å². The summed E-state index contributed by atoms with van der Waals surface area (Å²) in [5.41, 5.74) is 2.64. The number of pyridine rings is 1. The molecule has 0 aromatic carbocycles. The maximum Gasteiger partial charge on any atom is 0.0595 e. The zero-order chi connectivity index (χ0) is 11.8. The van der Waals surface area contributed by atoms with E-state index in [1.807, 2.05) is 12.3 Å². The van der Waals surface area contributed by atoms with E-state index in [1.165, 1.54) is 37.1 Å².